The molecule has 34 heavy (non-hydrogen) atoms. The van der Waals surface area contributed by atoms with E-state index in [2.05, 4.69) is 37.6 Å². The van der Waals surface area contributed by atoms with Crippen LogP contribution in [-0.4, -0.2) is 67.3 Å². The maximum atomic E-state index is 12.7. The first-order chi connectivity index (χ1) is 16.8. The number of H-pyrrole nitrogens is 1. The Morgan fingerprint density at radius 1 is 0.941 bits per heavy atom. The highest BCUT2D eigenvalue weighted by molar-refractivity contribution is 5.95. The van der Waals surface area contributed by atoms with E-state index in [0.717, 1.165) is 33.4 Å². The van der Waals surface area contributed by atoms with Gasteiger partial charge in [0.1, 0.15) is 11.4 Å². The van der Waals surface area contributed by atoms with E-state index in [9.17, 15) is 4.79 Å². The van der Waals surface area contributed by atoms with E-state index in [-0.39, 0.29) is 5.91 Å². The van der Waals surface area contributed by atoms with Gasteiger partial charge in [0.05, 0.1) is 30.6 Å². The van der Waals surface area contributed by atoms with Crippen LogP contribution in [0.1, 0.15) is 10.4 Å². The number of aromatic amines is 1. The zero-order chi connectivity index (χ0) is 22.9. The second-order valence-corrected chi connectivity index (χ2v) is 8.07. The molecule has 1 aliphatic heterocycles. The van der Waals surface area contributed by atoms with Crippen molar-refractivity contribution in [3.8, 4) is 28.2 Å². The van der Waals surface area contributed by atoms with Crippen molar-refractivity contribution in [2.75, 3.05) is 26.3 Å². The van der Waals surface area contributed by atoms with E-state index in [1.165, 1.54) is 0 Å². The van der Waals surface area contributed by atoms with Gasteiger partial charge >= 0.3 is 0 Å². The maximum absolute atomic E-state index is 12.7. The highest BCUT2D eigenvalue weighted by atomic mass is 16.5. The number of ether oxygens (including phenoxy) is 1. The number of pyridine rings is 1. The SMILES string of the molecule is O=C(c1ccc(-n2cc(-c3n[nH]c4cc(-c5ccncc5)ccc34)nn2)cc1)N1CCOCC1. The summed E-state index contributed by atoms with van der Waals surface area (Å²) >= 11 is 0. The van der Waals surface area contributed by atoms with Gasteiger partial charge in [0.2, 0.25) is 0 Å². The third kappa shape index (κ3) is 3.71. The highest BCUT2D eigenvalue weighted by Crippen LogP contribution is 2.29. The Morgan fingerprint density at radius 2 is 1.74 bits per heavy atom. The van der Waals surface area contributed by atoms with Gasteiger partial charge in [-0.05, 0) is 59.7 Å². The largest absolute Gasteiger partial charge is 0.378 e. The fourth-order valence-electron chi connectivity index (χ4n) is 4.14. The molecule has 0 bridgehead atoms. The van der Waals surface area contributed by atoms with E-state index in [1.807, 2.05) is 53.6 Å². The predicted octanol–water partition coefficient (Wildman–Crippen LogP) is 3.35. The van der Waals surface area contributed by atoms with Gasteiger partial charge in [-0.3, -0.25) is 14.9 Å². The van der Waals surface area contributed by atoms with Gasteiger partial charge in [-0.1, -0.05) is 11.3 Å². The van der Waals surface area contributed by atoms with Crippen molar-refractivity contribution in [1.29, 1.82) is 0 Å². The fraction of sp³-hybridized carbons (Fsp3) is 0.160. The second kappa shape index (κ2) is 8.53. The van der Waals surface area contributed by atoms with Crippen molar-refractivity contribution in [3.63, 3.8) is 0 Å². The van der Waals surface area contributed by atoms with E-state index in [0.29, 0.717) is 37.6 Å². The van der Waals surface area contributed by atoms with Crippen molar-refractivity contribution in [2.45, 2.75) is 0 Å². The number of aromatic nitrogens is 6. The smallest absolute Gasteiger partial charge is 0.254 e. The fourth-order valence-corrected chi connectivity index (χ4v) is 4.14. The molecule has 0 saturated carbocycles. The number of benzene rings is 2. The number of morpholine rings is 1. The standard InChI is InChI=1S/C25H21N7O2/c33-25(31-11-13-34-14-12-31)18-1-4-20(5-2-18)32-16-23(28-30-32)24-21-6-3-19(15-22(21)27-29-24)17-7-9-26-10-8-17/h1-10,15-16H,11-14H2,(H,27,29). The first kappa shape index (κ1) is 20.3. The Morgan fingerprint density at radius 3 is 2.53 bits per heavy atom. The van der Waals surface area contributed by atoms with Crippen LogP contribution >= 0.6 is 0 Å². The zero-order valence-electron chi connectivity index (χ0n) is 18.3. The quantitative estimate of drug-likeness (QED) is 0.450. The monoisotopic (exact) mass is 451 g/mol. The first-order valence-electron chi connectivity index (χ1n) is 11.0. The lowest BCUT2D eigenvalue weighted by Gasteiger charge is -2.26. The lowest BCUT2D eigenvalue weighted by atomic mass is 10.0. The Bertz CT molecular complexity index is 1450. The zero-order valence-corrected chi connectivity index (χ0v) is 18.3. The molecule has 0 atom stereocenters. The third-order valence-electron chi connectivity index (χ3n) is 5.99. The number of nitrogens with one attached hydrogen (secondary N) is 1. The maximum Gasteiger partial charge on any atom is 0.254 e. The summed E-state index contributed by atoms with van der Waals surface area (Å²) in [6, 6.07) is 17.5. The molecule has 9 nitrogen and oxygen atoms in total. The van der Waals surface area contributed by atoms with Gasteiger partial charge in [0.15, 0.2) is 0 Å². The lowest BCUT2D eigenvalue weighted by molar-refractivity contribution is 0.0303. The highest BCUT2D eigenvalue weighted by Gasteiger charge is 2.19. The minimum absolute atomic E-state index is 0.0169. The molecule has 4 heterocycles. The summed E-state index contributed by atoms with van der Waals surface area (Å²) in [5.74, 6) is 0.0169. The van der Waals surface area contributed by atoms with Gasteiger partial charge in [-0.25, -0.2) is 4.68 Å². The summed E-state index contributed by atoms with van der Waals surface area (Å²) in [7, 11) is 0. The van der Waals surface area contributed by atoms with Crippen molar-refractivity contribution >= 4 is 16.8 Å². The van der Waals surface area contributed by atoms with Gasteiger partial charge in [-0.15, -0.1) is 5.10 Å². The second-order valence-electron chi connectivity index (χ2n) is 8.07. The molecule has 1 aliphatic rings. The summed E-state index contributed by atoms with van der Waals surface area (Å²) in [6.45, 7) is 2.40. The van der Waals surface area contributed by atoms with Crippen molar-refractivity contribution < 1.29 is 9.53 Å². The molecule has 0 aliphatic carbocycles. The molecule has 3 aromatic heterocycles. The van der Waals surface area contributed by atoms with Gasteiger partial charge < -0.3 is 9.64 Å². The Balaban J connectivity index is 1.24. The lowest BCUT2D eigenvalue weighted by Crippen LogP contribution is -2.40. The minimum Gasteiger partial charge on any atom is -0.378 e. The van der Waals surface area contributed by atoms with E-state index >= 15 is 0 Å². The number of amides is 1. The number of fused-ring (bicyclic) bond motifs is 1. The van der Waals surface area contributed by atoms with Crippen LogP contribution < -0.4 is 0 Å². The number of carbonyl (C=O) groups is 1. The van der Waals surface area contributed by atoms with Crippen LogP contribution in [0.4, 0.5) is 0 Å². The number of hydrogen-bond donors (Lipinski definition) is 1. The van der Waals surface area contributed by atoms with Crippen molar-refractivity contribution in [2.24, 2.45) is 0 Å². The summed E-state index contributed by atoms with van der Waals surface area (Å²) in [5.41, 5.74) is 5.96. The molecule has 1 amide bonds. The summed E-state index contributed by atoms with van der Waals surface area (Å²) in [4.78, 5) is 18.6. The first-order valence-corrected chi connectivity index (χ1v) is 11.0. The Hall–Kier alpha value is -4.37. The van der Waals surface area contributed by atoms with E-state index in [1.54, 1.807) is 17.1 Å². The topological polar surface area (TPSA) is 102 Å². The van der Waals surface area contributed by atoms with Gasteiger partial charge in [-0.2, -0.15) is 5.10 Å². The van der Waals surface area contributed by atoms with Gasteiger partial charge in [0, 0.05) is 36.4 Å². The Kier molecular flexibility index (Phi) is 5.08. The Labute approximate surface area is 195 Å². The molecule has 1 N–H and O–H groups in total. The molecule has 168 valence electrons. The van der Waals surface area contributed by atoms with E-state index < -0.39 is 0 Å². The molecule has 1 saturated heterocycles. The molecule has 6 rings (SSSR count). The predicted molar refractivity (Wildman–Crippen MR) is 126 cm³/mol. The van der Waals surface area contributed by atoms with Crippen LogP contribution in [0.5, 0.6) is 0 Å². The van der Waals surface area contributed by atoms with Crippen LogP contribution in [0.15, 0.2) is 73.2 Å². The van der Waals surface area contributed by atoms with Crippen molar-refractivity contribution in [3.05, 3.63) is 78.8 Å². The molecule has 9 heteroatoms. The molecule has 1 fully saturated rings. The number of rotatable bonds is 4. The molecule has 0 unspecified atom stereocenters. The van der Waals surface area contributed by atoms with Crippen LogP contribution in [0, 0.1) is 0 Å². The molecule has 0 radical (unpaired) electrons. The average Bonchev–Trinajstić information content (AvgIpc) is 3.56. The summed E-state index contributed by atoms with van der Waals surface area (Å²) in [6.07, 6.45) is 5.40. The van der Waals surface area contributed by atoms with E-state index in [4.69, 9.17) is 4.74 Å². The molecule has 5 aromatic rings. The van der Waals surface area contributed by atoms with Crippen LogP contribution in [0.3, 0.4) is 0 Å². The molecule has 2 aromatic carbocycles. The number of carbonyl (C=O) groups excluding carboxylic acids is 1. The molecule has 0 spiro atoms. The molecular formula is C25H21N7O2. The normalized spacial score (nSPS) is 13.9. The van der Waals surface area contributed by atoms with Crippen LogP contribution in [-0.2, 0) is 4.74 Å². The van der Waals surface area contributed by atoms with Crippen molar-refractivity contribution in [1.82, 2.24) is 35.1 Å². The number of nitrogens with zero attached hydrogens (tertiary/aromatic N) is 6. The van der Waals surface area contributed by atoms with Crippen LogP contribution in [0.2, 0.25) is 0 Å². The molecular weight excluding hydrogens is 430 g/mol. The van der Waals surface area contributed by atoms with Gasteiger partial charge in [0.25, 0.3) is 5.91 Å². The third-order valence-corrected chi connectivity index (χ3v) is 5.99. The minimum atomic E-state index is 0.0169. The number of hydrogen-bond acceptors (Lipinski definition) is 6. The summed E-state index contributed by atoms with van der Waals surface area (Å²) < 4.78 is 7.01. The van der Waals surface area contributed by atoms with Crippen LogP contribution in [0.25, 0.3) is 39.1 Å². The summed E-state index contributed by atoms with van der Waals surface area (Å²) in [5, 5.41) is 17.2. The average molecular weight is 451 g/mol.